The Bertz CT molecular complexity index is 1350. The molecule has 1 aliphatic rings. The van der Waals surface area contributed by atoms with Crippen LogP contribution in [-0.4, -0.2) is 34.8 Å². The first kappa shape index (κ1) is 19.7. The molecule has 8 nitrogen and oxygen atoms in total. The van der Waals surface area contributed by atoms with Crippen LogP contribution in [-0.2, 0) is 16.1 Å². The van der Waals surface area contributed by atoms with Crippen molar-refractivity contribution in [1.82, 2.24) is 9.55 Å². The molecule has 0 atom stereocenters. The zero-order chi connectivity index (χ0) is 21.4. The second kappa shape index (κ2) is 8.12. The monoisotopic (exact) mass is 455 g/mol. The lowest BCUT2D eigenvalue weighted by Gasteiger charge is -2.06. The van der Waals surface area contributed by atoms with E-state index in [1.165, 1.54) is 22.7 Å². The van der Waals surface area contributed by atoms with Crippen LogP contribution >= 0.6 is 22.7 Å². The molecule has 1 amide bonds. The van der Waals surface area contributed by atoms with Crippen molar-refractivity contribution in [1.29, 1.82) is 0 Å². The lowest BCUT2D eigenvalue weighted by atomic mass is 10.3. The van der Waals surface area contributed by atoms with Crippen molar-refractivity contribution in [3.8, 4) is 11.5 Å². The van der Waals surface area contributed by atoms with Gasteiger partial charge in [0.15, 0.2) is 21.3 Å². The van der Waals surface area contributed by atoms with Gasteiger partial charge in [0.25, 0.3) is 0 Å². The van der Waals surface area contributed by atoms with Gasteiger partial charge in [-0.05, 0) is 19.1 Å². The molecule has 1 aliphatic heterocycles. The molecule has 0 fully saturated rings. The SMILES string of the molecule is CCOC(=O)CCn1c(=NC(=O)c2nc3ccccc3s2)sc2cc3c(cc21)OCO3. The molecule has 4 aromatic rings. The van der Waals surface area contributed by atoms with E-state index in [-0.39, 0.29) is 19.2 Å². The minimum atomic E-state index is -0.419. The van der Waals surface area contributed by atoms with Gasteiger partial charge in [0.1, 0.15) is 0 Å². The summed E-state index contributed by atoms with van der Waals surface area (Å²) >= 11 is 2.66. The number of thiazole rings is 2. The fourth-order valence-corrected chi connectivity index (χ4v) is 5.21. The van der Waals surface area contributed by atoms with Gasteiger partial charge in [0, 0.05) is 18.7 Å². The van der Waals surface area contributed by atoms with Crippen molar-refractivity contribution in [3.63, 3.8) is 0 Å². The largest absolute Gasteiger partial charge is 0.466 e. The quantitative estimate of drug-likeness (QED) is 0.426. The first-order chi connectivity index (χ1) is 15.1. The fraction of sp³-hybridized carbons (Fsp3) is 0.238. The number of fused-ring (bicyclic) bond motifs is 3. The van der Waals surface area contributed by atoms with E-state index in [2.05, 4.69) is 9.98 Å². The maximum Gasteiger partial charge on any atom is 0.308 e. The van der Waals surface area contributed by atoms with Crippen molar-refractivity contribution in [3.05, 3.63) is 46.2 Å². The summed E-state index contributed by atoms with van der Waals surface area (Å²) in [5.41, 5.74) is 1.58. The Morgan fingerprint density at radius 1 is 1.16 bits per heavy atom. The molecule has 0 spiro atoms. The number of hydrogen-bond acceptors (Lipinski definition) is 8. The van der Waals surface area contributed by atoms with E-state index in [1.54, 1.807) is 6.92 Å². The van der Waals surface area contributed by atoms with E-state index < -0.39 is 5.91 Å². The third-order valence-corrected chi connectivity index (χ3v) is 6.76. The summed E-state index contributed by atoms with van der Waals surface area (Å²) in [7, 11) is 0. The zero-order valence-corrected chi connectivity index (χ0v) is 18.1. The second-order valence-electron chi connectivity index (χ2n) is 6.67. The van der Waals surface area contributed by atoms with Gasteiger partial charge in [0.05, 0.1) is 33.5 Å². The van der Waals surface area contributed by atoms with Crippen LogP contribution in [0.4, 0.5) is 0 Å². The maximum atomic E-state index is 12.9. The Balaban J connectivity index is 1.57. The van der Waals surface area contributed by atoms with Crippen molar-refractivity contribution >= 4 is 55.0 Å². The van der Waals surface area contributed by atoms with Gasteiger partial charge >= 0.3 is 11.9 Å². The van der Waals surface area contributed by atoms with Gasteiger partial charge in [-0.15, -0.1) is 11.3 Å². The number of amides is 1. The Morgan fingerprint density at radius 3 is 2.77 bits per heavy atom. The van der Waals surface area contributed by atoms with Gasteiger partial charge < -0.3 is 18.8 Å². The van der Waals surface area contributed by atoms with Crippen LogP contribution in [0.25, 0.3) is 20.4 Å². The third kappa shape index (κ3) is 3.79. The number of rotatable bonds is 5. The lowest BCUT2D eigenvalue weighted by Crippen LogP contribution is -2.19. The Morgan fingerprint density at radius 2 is 1.97 bits per heavy atom. The number of esters is 1. The smallest absolute Gasteiger partial charge is 0.308 e. The number of para-hydroxylation sites is 1. The number of aryl methyl sites for hydroxylation is 1. The van der Waals surface area contributed by atoms with Crippen LogP contribution in [0.3, 0.4) is 0 Å². The van der Waals surface area contributed by atoms with Crippen molar-refractivity contribution < 1.29 is 23.8 Å². The molecular weight excluding hydrogens is 438 g/mol. The van der Waals surface area contributed by atoms with Gasteiger partial charge in [-0.25, -0.2) is 4.98 Å². The topological polar surface area (TPSA) is 92.0 Å². The molecule has 2 aromatic heterocycles. The standard InChI is InChI=1S/C21H17N3O5S2/c1-2-27-18(25)7-8-24-13-9-14-15(29-11-28-14)10-17(13)31-21(24)23-19(26)20-22-12-5-3-4-6-16(12)30-20/h3-6,9-10H,2,7-8,11H2,1H3. The molecular formula is C21H17N3O5S2. The zero-order valence-electron chi connectivity index (χ0n) is 16.5. The van der Waals surface area contributed by atoms with E-state index in [9.17, 15) is 9.59 Å². The fourth-order valence-electron chi connectivity index (χ4n) is 3.30. The number of carbonyl (C=O) groups is 2. The van der Waals surface area contributed by atoms with E-state index in [0.717, 1.165) is 20.4 Å². The molecule has 0 aliphatic carbocycles. The molecule has 2 aromatic carbocycles. The summed E-state index contributed by atoms with van der Waals surface area (Å²) in [5.74, 6) is 0.547. The molecule has 158 valence electrons. The van der Waals surface area contributed by atoms with E-state index in [0.29, 0.717) is 34.5 Å². The van der Waals surface area contributed by atoms with Crippen LogP contribution in [0.5, 0.6) is 11.5 Å². The highest BCUT2D eigenvalue weighted by Crippen LogP contribution is 2.37. The minimum absolute atomic E-state index is 0.163. The first-order valence-corrected chi connectivity index (χ1v) is 11.3. The predicted molar refractivity (Wildman–Crippen MR) is 117 cm³/mol. The van der Waals surface area contributed by atoms with Crippen LogP contribution in [0, 0.1) is 0 Å². The molecule has 3 heterocycles. The molecule has 0 saturated heterocycles. The lowest BCUT2D eigenvalue weighted by molar-refractivity contribution is -0.143. The normalized spacial score (nSPS) is 13.3. The summed E-state index contributed by atoms with van der Waals surface area (Å²) < 4.78 is 19.7. The minimum Gasteiger partial charge on any atom is -0.466 e. The Labute approximate surface area is 184 Å². The molecule has 31 heavy (non-hydrogen) atoms. The third-order valence-electron chi connectivity index (χ3n) is 4.70. The maximum absolute atomic E-state index is 12.9. The van der Waals surface area contributed by atoms with E-state index >= 15 is 0 Å². The van der Waals surface area contributed by atoms with Crippen LogP contribution in [0.15, 0.2) is 41.4 Å². The van der Waals surface area contributed by atoms with Crippen molar-refractivity contribution in [2.24, 2.45) is 4.99 Å². The number of carbonyl (C=O) groups excluding carboxylic acids is 2. The van der Waals surface area contributed by atoms with Gasteiger partial charge in [0.2, 0.25) is 6.79 Å². The van der Waals surface area contributed by atoms with Crippen LogP contribution in [0.2, 0.25) is 0 Å². The molecule has 0 bridgehead atoms. The van der Waals surface area contributed by atoms with Gasteiger partial charge in [-0.1, -0.05) is 23.5 Å². The molecule has 0 N–H and O–H groups in total. The van der Waals surface area contributed by atoms with Crippen molar-refractivity contribution in [2.45, 2.75) is 19.9 Å². The Kier molecular flexibility index (Phi) is 5.16. The summed E-state index contributed by atoms with van der Waals surface area (Å²) in [6, 6.07) is 11.3. The highest BCUT2D eigenvalue weighted by Gasteiger charge is 2.19. The number of hydrogen-bond donors (Lipinski definition) is 0. The molecule has 10 heteroatoms. The second-order valence-corrected chi connectivity index (χ2v) is 8.71. The molecule has 0 unspecified atom stereocenters. The highest BCUT2D eigenvalue weighted by molar-refractivity contribution is 7.20. The molecule has 0 radical (unpaired) electrons. The summed E-state index contributed by atoms with van der Waals surface area (Å²) in [4.78, 5) is 34.0. The predicted octanol–water partition coefficient (Wildman–Crippen LogP) is 3.74. The highest BCUT2D eigenvalue weighted by atomic mass is 32.1. The molecule has 0 saturated carbocycles. The number of benzene rings is 2. The van der Waals surface area contributed by atoms with Crippen LogP contribution < -0.4 is 14.3 Å². The van der Waals surface area contributed by atoms with E-state index in [4.69, 9.17) is 14.2 Å². The summed E-state index contributed by atoms with van der Waals surface area (Å²) in [6.07, 6.45) is 0.163. The average molecular weight is 456 g/mol. The summed E-state index contributed by atoms with van der Waals surface area (Å²) in [6.45, 7) is 2.58. The van der Waals surface area contributed by atoms with E-state index in [1.807, 2.05) is 41.0 Å². The summed E-state index contributed by atoms with van der Waals surface area (Å²) in [5, 5.41) is 0.324. The van der Waals surface area contributed by atoms with Crippen LogP contribution in [0.1, 0.15) is 23.1 Å². The first-order valence-electron chi connectivity index (χ1n) is 9.65. The number of nitrogens with zero attached hydrogens (tertiary/aromatic N) is 3. The van der Waals surface area contributed by atoms with Gasteiger partial charge in [-0.3, -0.25) is 9.59 Å². The average Bonchev–Trinajstić information content (AvgIpc) is 3.47. The van der Waals surface area contributed by atoms with Gasteiger partial charge in [-0.2, -0.15) is 4.99 Å². The number of aromatic nitrogens is 2. The number of ether oxygens (including phenoxy) is 3. The van der Waals surface area contributed by atoms with Crippen molar-refractivity contribution in [2.75, 3.05) is 13.4 Å². The molecule has 5 rings (SSSR count). The Hall–Kier alpha value is -3.24.